The fourth-order valence-electron chi connectivity index (χ4n) is 1.01. The van der Waals surface area contributed by atoms with Crippen LogP contribution in [0.4, 0.5) is 13.2 Å². The maximum absolute atomic E-state index is 12.4. The Hall–Kier alpha value is -1.26. The summed E-state index contributed by atoms with van der Waals surface area (Å²) >= 11 is 0. The first-order valence-corrected chi connectivity index (χ1v) is 4.76. The first kappa shape index (κ1) is 14.7. The molecule has 0 saturated heterocycles. The summed E-state index contributed by atoms with van der Waals surface area (Å²) < 4.78 is 41.5. The quantitative estimate of drug-likeness (QED) is 0.425. The molecule has 0 saturated carbocycles. The first-order chi connectivity index (χ1) is 7.27. The topological polar surface area (TPSA) is 26.3 Å². The Morgan fingerprint density at radius 1 is 1.31 bits per heavy atom. The van der Waals surface area contributed by atoms with Gasteiger partial charge in [0.1, 0.15) is 0 Å². The molecule has 16 heavy (non-hydrogen) atoms. The van der Waals surface area contributed by atoms with E-state index in [9.17, 15) is 18.0 Å². The lowest BCUT2D eigenvalue weighted by Crippen LogP contribution is -2.14. The minimum Gasteiger partial charge on any atom is -0.466 e. The molecule has 0 rings (SSSR count). The number of carbonyl (C=O) groups is 1. The number of carbonyl (C=O) groups excluding carboxylic acids is 1. The maximum atomic E-state index is 12.4. The fraction of sp³-hybridized carbons (Fsp3) is 0.545. The molecule has 0 aliphatic rings. The first-order valence-electron chi connectivity index (χ1n) is 4.76. The van der Waals surface area contributed by atoms with Crippen LogP contribution in [0.3, 0.4) is 0 Å². The van der Waals surface area contributed by atoms with Crippen LogP contribution in [0.15, 0.2) is 23.3 Å². The molecule has 2 nitrogen and oxygen atoms in total. The zero-order valence-electron chi connectivity index (χ0n) is 9.52. The zero-order chi connectivity index (χ0) is 12.8. The molecule has 0 aromatic heterocycles. The minimum absolute atomic E-state index is 0.218. The van der Waals surface area contributed by atoms with Crippen molar-refractivity contribution in [2.24, 2.45) is 0 Å². The highest BCUT2D eigenvalue weighted by atomic mass is 19.4. The summed E-state index contributed by atoms with van der Waals surface area (Å²) in [7, 11) is 1.04. The van der Waals surface area contributed by atoms with E-state index in [2.05, 4.69) is 4.74 Å². The third-order valence-corrected chi connectivity index (χ3v) is 1.82. The highest BCUT2D eigenvalue weighted by Gasteiger charge is 2.33. The van der Waals surface area contributed by atoms with Crippen LogP contribution in [0.2, 0.25) is 0 Å². The Balaban J connectivity index is 4.65. The number of allylic oxidation sites excluding steroid dienone is 3. The maximum Gasteiger partial charge on any atom is 0.412 e. The lowest BCUT2D eigenvalue weighted by Gasteiger charge is -2.10. The molecule has 0 aromatic rings. The van der Waals surface area contributed by atoms with Crippen LogP contribution in [-0.2, 0) is 9.53 Å². The monoisotopic (exact) mass is 236 g/mol. The predicted molar refractivity (Wildman–Crippen MR) is 54.8 cm³/mol. The van der Waals surface area contributed by atoms with E-state index in [0.717, 1.165) is 12.7 Å². The van der Waals surface area contributed by atoms with Gasteiger partial charge in [0.15, 0.2) is 0 Å². The molecule has 0 aliphatic heterocycles. The van der Waals surface area contributed by atoms with E-state index in [1.165, 1.54) is 0 Å². The summed E-state index contributed by atoms with van der Waals surface area (Å²) in [6.07, 6.45) is -2.26. The second kappa shape index (κ2) is 6.35. The lowest BCUT2D eigenvalue weighted by atomic mass is 10.1. The Labute approximate surface area is 92.8 Å². The van der Waals surface area contributed by atoms with Crippen LogP contribution in [0.1, 0.15) is 26.7 Å². The average Bonchev–Trinajstić information content (AvgIpc) is 2.13. The molecule has 5 heteroatoms. The van der Waals surface area contributed by atoms with Gasteiger partial charge in [0.25, 0.3) is 0 Å². The van der Waals surface area contributed by atoms with Crippen molar-refractivity contribution in [1.29, 1.82) is 0 Å². The number of ether oxygens (including phenoxy) is 1. The summed E-state index contributed by atoms with van der Waals surface area (Å²) in [6, 6.07) is 0. The lowest BCUT2D eigenvalue weighted by molar-refractivity contribution is -0.136. The third-order valence-electron chi connectivity index (χ3n) is 1.82. The molecular formula is C11H15F3O2. The number of hydrogen-bond acceptors (Lipinski definition) is 2. The van der Waals surface area contributed by atoms with E-state index in [1.807, 2.05) is 0 Å². The highest BCUT2D eigenvalue weighted by molar-refractivity contribution is 5.82. The van der Waals surface area contributed by atoms with Crippen molar-refractivity contribution in [3.63, 3.8) is 0 Å². The number of alkyl halides is 3. The van der Waals surface area contributed by atoms with Crippen molar-refractivity contribution in [3.05, 3.63) is 23.3 Å². The normalized spacial score (nSPS) is 12.2. The van der Waals surface area contributed by atoms with Crippen molar-refractivity contribution in [2.75, 3.05) is 7.11 Å². The summed E-state index contributed by atoms with van der Waals surface area (Å²) in [5.41, 5.74) is 0.0800. The van der Waals surface area contributed by atoms with Gasteiger partial charge in [0.2, 0.25) is 0 Å². The fourth-order valence-corrected chi connectivity index (χ4v) is 1.01. The van der Waals surface area contributed by atoms with Gasteiger partial charge in [-0.3, -0.25) is 0 Å². The van der Waals surface area contributed by atoms with E-state index in [1.54, 1.807) is 19.9 Å². The number of halogens is 3. The van der Waals surface area contributed by atoms with Gasteiger partial charge in [-0.25, -0.2) is 4.79 Å². The van der Waals surface area contributed by atoms with Crippen molar-refractivity contribution in [1.82, 2.24) is 0 Å². The molecule has 0 aromatic carbocycles. The molecule has 0 fully saturated rings. The van der Waals surface area contributed by atoms with Gasteiger partial charge in [-0.05, 0) is 26.7 Å². The van der Waals surface area contributed by atoms with E-state index in [4.69, 9.17) is 0 Å². The molecule has 0 unspecified atom stereocenters. The van der Waals surface area contributed by atoms with Gasteiger partial charge < -0.3 is 4.74 Å². The third kappa shape index (κ3) is 6.27. The molecule has 0 atom stereocenters. The van der Waals surface area contributed by atoms with Crippen molar-refractivity contribution in [3.8, 4) is 0 Å². The van der Waals surface area contributed by atoms with Gasteiger partial charge in [0, 0.05) is 11.6 Å². The molecule has 0 N–H and O–H groups in total. The van der Waals surface area contributed by atoms with Crippen LogP contribution in [0, 0.1) is 0 Å². The molecule has 92 valence electrons. The van der Waals surface area contributed by atoms with E-state index in [0.29, 0.717) is 6.08 Å². The number of hydrogen-bond donors (Lipinski definition) is 0. The van der Waals surface area contributed by atoms with Gasteiger partial charge in [-0.1, -0.05) is 11.6 Å². The standard InChI is InChI=1S/C11H15F3O2/c1-8(2)5-4-6-9(11(12,13)14)7-10(15)16-3/h5,7H,4,6H2,1-3H3/b9-7-. The van der Waals surface area contributed by atoms with E-state index >= 15 is 0 Å². The zero-order valence-corrected chi connectivity index (χ0v) is 9.52. The predicted octanol–water partition coefficient (Wildman–Crippen LogP) is 3.39. The van der Waals surface area contributed by atoms with Crippen LogP contribution in [0.5, 0.6) is 0 Å². The number of rotatable bonds is 4. The second-order valence-corrected chi connectivity index (χ2v) is 3.51. The van der Waals surface area contributed by atoms with E-state index in [-0.39, 0.29) is 12.8 Å². The summed E-state index contributed by atoms with van der Waals surface area (Å²) in [5.74, 6) is -0.982. The van der Waals surface area contributed by atoms with Crippen LogP contribution < -0.4 is 0 Å². The average molecular weight is 236 g/mol. The Morgan fingerprint density at radius 2 is 1.88 bits per heavy atom. The molecule has 0 radical (unpaired) electrons. The van der Waals surface area contributed by atoms with Crippen molar-refractivity contribution < 1.29 is 22.7 Å². The van der Waals surface area contributed by atoms with Gasteiger partial charge in [-0.2, -0.15) is 13.2 Å². The molecular weight excluding hydrogens is 221 g/mol. The van der Waals surface area contributed by atoms with Crippen LogP contribution in [0.25, 0.3) is 0 Å². The second-order valence-electron chi connectivity index (χ2n) is 3.51. The van der Waals surface area contributed by atoms with E-state index < -0.39 is 17.7 Å². The largest absolute Gasteiger partial charge is 0.466 e. The summed E-state index contributed by atoms with van der Waals surface area (Å²) in [6.45, 7) is 3.61. The van der Waals surface area contributed by atoms with Gasteiger partial charge in [-0.15, -0.1) is 0 Å². The molecule has 0 heterocycles. The van der Waals surface area contributed by atoms with Crippen LogP contribution in [-0.4, -0.2) is 19.3 Å². The number of methoxy groups -OCH3 is 1. The van der Waals surface area contributed by atoms with Crippen molar-refractivity contribution >= 4 is 5.97 Å². The molecule has 0 aliphatic carbocycles. The minimum atomic E-state index is -4.48. The molecule has 0 bridgehead atoms. The summed E-state index contributed by atoms with van der Waals surface area (Å²) in [4.78, 5) is 10.8. The Bertz CT molecular complexity index is 297. The van der Waals surface area contributed by atoms with Gasteiger partial charge in [0.05, 0.1) is 7.11 Å². The Morgan fingerprint density at radius 3 is 2.25 bits per heavy atom. The van der Waals surface area contributed by atoms with Crippen LogP contribution >= 0.6 is 0 Å². The number of esters is 1. The molecule has 0 amide bonds. The van der Waals surface area contributed by atoms with Crippen molar-refractivity contribution in [2.45, 2.75) is 32.9 Å². The molecule has 0 spiro atoms. The summed E-state index contributed by atoms with van der Waals surface area (Å²) in [5, 5.41) is 0. The smallest absolute Gasteiger partial charge is 0.412 e. The Kier molecular flexibility index (Phi) is 5.85. The van der Waals surface area contributed by atoms with Gasteiger partial charge >= 0.3 is 12.1 Å². The SMILES string of the molecule is COC(=O)/C=C(/CCC=C(C)C)C(F)(F)F. The highest BCUT2D eigenvalue weighted by Crippen LogP contribution is 2.29.